The molecular formula is C24H25N5O2S. The number of aliphatic imine (C=N–C) groups is 1. The monoisotopic (exact) mass is 447 g/mol. The molecule has 32 heavy (non-hydrogen) atoms. The van der Waals surface area contributed by atoms with Gasteiger partial charge in [-0.05, 0) is 48.4 Å². The molecule has 0 saturated heterocycles. The van der Waals surface area contributed by atoms with E-state index < -0.39 is 0 Å². The lowest BCUT2D eigenvalue weighted by Gasteiger charge is -2.11. The molecule has 8 heteroatoms. The van der Waals surface area contributed by atoms with Crippen LogP contribution in [-0.2, 0) is 13.0 Å². The molecule has 1 amide bonds. The Hall–Kier alpha value is -3.65. The summed E-state index contributed by atoms with van der Waals surface area (Å²) >= 11 is 1.62. The molecule has 0 aliphatic heterocycles. The number of nitrogens with one attached hydrogen (secondary N) is 3. The second-order valence-electron chi connectivity index (χ2n) is 7.13. The molecule has 164 valence electrons. The third kappa shape index (κ3) is 5.15. The summed E-state index contributed by atoms with van der Waals surface area (Å²) in [6.45, 7) is 1.20. The molecule has 0 unspecified atom stereocenters. The van der Waals surface area contributed by atoms with Gasteiger partial charge in [-0.2, -0.15) is 0 Å². The number of hydrogen-bond acceptors (Lipinski definition) is 5. The molecule has 2 heterocycles. The normalized spacial score (nSPS) is 11.5. The number of nitrogens with zero attached hydrogens (tertiary/aromatic N) is 2. The van der Waals surface area contributed by atoms with Crippen LogP contribution in [-0.4, -0.2) is 37.5 Å². The van der Waals surface area contributed by atoms with Gasteiger partial charge in [-0.3, -0.25) is 9.79 Å². The zero-order valence-electron chi connectivity index (χ0n) is 18.0. The largest absolute Gasteiger partial charge is 0.457 e. The quantitative estimate of drug-likeness (QED) is 0.296. The second-order valence-corrected chi connectivity index (χ2v) is 8.17. The Kier molecular flexibility index (Phi) is 6.81. The van der Waals surface area contributed by atoms with E-state index in [1.54, 1.807) is 25.4 Å². The molecule has 0 radical (unpaired) electrons. The summed E-state index contributed by atoms with van der Waals surface area (Å²) in [5.41, 5.74) is 2.73. The minimum atomic E-state index is -0.0825. The molecule has 4 rings (SSSR count). The molecule has 2 aromatic heterocycles. The standard InChI is InChI=1S/C24H25N5O2S/c1-25-22(30)17-7-5-6-16(14-17)12-13-27-24(26-2)28-15-18-10-11-20(31-18)23-29-19-8-3-4-9-21(19)32-23/h3-11,14H,12-13,15H2,1-2H3,(H,25,30)(H2,26,27,28). The number of aromatic nitrogens is 1. The minimum absolute atomic E-state index is 0.0825. The van der Waals surface area contributed by atoms with Gasteiger partial charge in [0, 0.05) is 26.2 Å². The number of carbonyl (C=O) groups excluding carboxylic acids is 1. The third-order valence-corrected chi connectivity index (χ3v) is 5.99. The Morgan fingerprint density at radius 3 is 2.78 bits per heavy atom. The van der Waals surface area contributed by atoms with Gasteiger partial charge in [-0.1, -0.05) is 24.3 Å². The molecule has 0 spiro atoms. The Bertz CT molecular complexity index is 1210. The van der Waals surface area contributed by atoms with E-state index in [0.29, 0.717) is 24.6 Å². The molecule has 0 saturated carbocycles. The highest BCUT2D eigenvalue weighted by atomic mass is 32.1. The number of hydrogen-bond donors (Lipinski definition) is 3. The number of amides is 1. The molecule has 4 aromatic rings. The van der Waals surface area contributed by atoms with Crippen LogP contribution in [0.25, 0.3) is 21.0 Å². The molecule has 0 fully saturated rings. The van der Waals surface area contributed by atoms with Crippen LogP contribution < -0.4 is 16.0 Å². The first-order valence-electron chi connectivity index (χ1n) is 10.4. The lowest BCUT2D eigenvalue weighted by atomic mass is 10.1. The van der Waals surface area contributed by atoms with Crippen molar-refractivity contribution in [2.45, 2.75) is 13.0 Å². The van der Waals surface area contributed by atoms with Crippen LogP contribution in [0.1, 0.15) is 21.7 Å². The van der Waals surface area contributed by atoms with Gasteiger partial charge < -0.3 is 20.4 Å². The van der Waals surface area contributed by atoms with E-state index in [1.165, 1.54) is 0 Å². The maximum atomic E-state index is 11.8. The van der Waals surface area contributed by atoms with Crippen molar-refractivity contribution in [1.29, 1.82) is 0 Å². The van der Waals surface area contributed by atoms with Gasteiger partial charge in [0.1, 0.15) is 5.76 Å². The van der Waals surface area contributed by atoms with E-state index in [4.69, 9.17) is 4.42 Å². The SMILES string of the molecule is CN=C(NCCc1cccc(C(=O)NC)c1)NCc1ccc(-c2nc3ccccc3s2)o1. The minimum Gasteiger partial charge on any atom is -0.457 e. The number of guanidine groups is 1. The second kappa shape index (κ2) is 10.1. The molecule has 0 atom stereocenters. The lowest BCUT2D eigenvalue weighted by molar-refractivity contribution is 0.0963. The lowest BCUT2D eigenvalue weighted by Crippen LogP contribution is -2.37. The van der Waals surface area contributed by atoms with Crippen molar-refractivity contribution in [3.8, 4) is 10.8 Å². The highest BCUT2D eigenvalue weighted by Crippen LogP contribution is 2.31. The first-order chi connectivity index (χ1) is 15.7. The van der Waals surface area contributed by atoms with Gasteiger partial charge in [0.25, 0.3) is 5.91 Å². The summed E-state index contributed by atoms with van der Waals surface area (Å²) in [7, 11) is 3.36. The van der Waals surface area contributed by atoms with Gasteiger partial charge >= 0.3 is 0 Å². The summed E-state index contributed by atoms with van der Waals surface area (Å²) < 4.78 is 7.12. The molecule has 0 aliphatic carbocycles. The van der Waals surface area contributed by atoms with Crippen LogP contribution in [0.3, 0.4) is 0 Å². The summed E-state index contributed by atoms with van der Waals surface area (Å²) in [6, 6.07) is 19.6. The van der Waals surface area contributed by atoms with Crippen molar-refractivity contribution < 1.29 is 9.21 Å². The maximum absolute atomic E-state index is 11.8. The number of benzene rings is 2. The molecule has 0 aliphatic rings. The predicted octanol–water partition coefficient (Wildman–Crippen LogP) is 3.82. The number of fused-ring (bicyclic) bond motifs is 1. The fourth-order valence-corrected chi connectivity index (χ4v) is 4.22. The van der Waals surface area contributed by atoms with Gasteiger partial charge in [-0.15, -0.1) is 11.3 Å². The van der Waals surface area contributed by atoms with E-state index in [-0.39, 0.29) is 5.91 Å². The first kappa shape index (κ1) is 21.6. The van der Waals surface area contributed by atoms with Crippen molar-refractivity contribution in [1.82, 2.24) is 20.9 Å². The van der Waals surface area contributed by atoms with Crippen LogP contribution in [0.4, 0.5) is 0 Å². The van der Waals surface area contributed by atoms with E-state index in [9.17, 15) is 4.79 Å². The van der Waals surface area contributed by atoms with E-state index in [2.05, 4.69) is 32.0 Å². The summed E-state index contributed by atoms with van der Waals surface area (Å²) in [5, 5.41) is 10.1. The zero-order chi connectivity index (χ0) is 22.3. The summed E-state index contributed by atoms with van der Waals surface area (Å²) in [5.74, 6) is 2.17. The van der Waals surface area contributed by atoms with Crippen molar-refractivity contribution in [2.75, 3.05) is 20.6 Å². The van der Waals surface area contributed by atoms with Gasteiger partial charge in [-0.25, -0.2) is 4.98 Å². The molecule has 7 nitrogen and oxygen atoms in total. The Morgan fingerprint density at radius 1 is 1.09 bits per heavy atom. The van der Waals surface area contributed by atoms with Crippen LogP contribution in [0.15, 0.2) is 70.1 Å². The van der Waals surface area contributed by atoms with Crippen LogP contribution in [0, 0.1) is 0 Å². The predicted molar refractivity (Wildman–Crippen MR) is 129 cm³/mol. The number of para-hydroxylation sites is 1. The fraction of sp³-hybridized carbons (Fsp3) is 0.208. The molecular weight excluding hydrogens is 422 g/mol. The van der Waals surface area contributed by atoms with Crippen molar-refractivity contribution >= 4 is 33.4 Å². The molecule has 0 bridgehead atoms. The summed E-state index contributed by atoms with van der Waals surface area (Å²) in [4.78, 5) is 20.7. The summed E-state index contributed by atoms with van der Waals surface area (Å²) in [6.07, 6.45) is 0.772. The highest BCUT2D eigenvalue weighted by Gasteiger charge is 2.11. The molecule has 3 N–H and O–H groups in total. The number of carbonyl (C=O) groups is 1. The Labute approximate surface area is 190 Å². The van der Waals surface area contributed by atoms with Crippen LogP contribution in [0.5, 0.6) is 0 Å². The van der Waals surface area contributed by atoms with E-state index in [1.807, 2.05) is 54.6 Å². The maximum Gasteiger partial charge on any atom is 0.251 e. The van der Waals surface area contributed by atoms with Crippen molar-refractivity contribution in [3.63, 3.8) is 0 Å². The number of furan rings is 1. The van der Waals surface area contributed by atoms with Gasteiger partial charge in [0.15, 0.2) is 16.7 Å². The van der Waals surface area contributed by atoms with Crippen LogP contribution in [0.2, 0.25) is 0 Å². The number of rotatable bonds is 7. The first-order valence-corrected chi connectivity index (χ1v) is 11.2. The Balaban J connectivity index is 1.29. The smallest absolute Gasteiger partial charge is 0.251 e. The van der Waals surface area contributed by atoms with Gasteiger partial charge in [0.05, 0.1) is 16.8 Å². The Morgan fingerprint density at radius 2 is 1.97 bits per heavy atom. The highest BCUT2D eigenvalue weighted by molar-refractivity contribution is 7.21. The van der Waals surface area contributed by atoms with Crippen LogP contribution >= 0.6 is 11.3 Å². The fourth-order valence-electron chi connectivity index (χ4n) is 3.29. The average molecular weight is 448 g/mol. The number of thiazole rings is 1. The van der Waals surface area contributed by atoms with Crippen molar-refractivity contribution in [3.05, 3.63) is 77.6 Å². The molecule has 2 aromatic carbocycles. The van der Waals surface area contributed by atoms with E-state index in [0.717, 1.165) is 38.7 Å². The third-order valence-electron chi connectivity index (χ3n) is 4.94. The van der Waals surface area contributed by atoms with Crippen molar-refractivity contribution in [2.24, 2.45) is 4.99 Å². The van der Waals surface area contributed by atoms with Gasteiger partial charge in [0.2, 0.25) is 0 Å². The topological polar surface area (TPSA) is 91.5 Å². The zero-order valence-corrected chi connectivity index (χ0v) is 18.8. The van der Waals surface area contributed by atoms with E-state index >= 15 is 0 Å². The average Bonchev–Trinajstić information content (AvgIpc) is 3.48.